The normalized spacial score (nSPS) is 11.0. The van der Waals surface area contributed by atoms with Gasteiger partial charge in [0.1, 0.15) is 17.6 Å². The maximum atomic E-state index is 2.34. The van der Waals surface area contributed by atoms with Crippen LogP contribution in [0.4, 0.5) is 0 Å². The van der Waals surface area contributed by atoms with E-state index in [-0.39, 0.29) is 0 Å². The maximum Gasteiger partial charge on any atom is 0.294 e. The molecule has 1 heterocycles. The molecule has 0 fully saturated rings. The van der Waals surface area contributed by atoms with Gasteiger partial charge in [-0.1, -0.05) is 36.4 Å². The molecule has 0 N–H and O–H groups in total. The van der Waals surface area contributed by atoms with Gasteiger partial charge in [-0.05, 0) is 43.5 Å². The highest BCUT2D eigenvalue weighted by Gasteiger charge is 2.25. The van der Waals surface area contributed by atoms with E-state index in [2.05, 4.69) is 92.5 Å². The molecule has 2 aromatic carbocycles. The molecule has 0 amide bonds. The van der Waals surface area contributed by atoms with E-state index < -0.39 is 0 Å². The summed E-state index contributed by atoms with van der Waals surface area (Å²) in [5, 5.41) is 0. The van der Waals surface area contributed by atoms with Gasteiger partial charge in [-0.2, -0.15) is 4.57 Å². The first-order valence-corrected chi connectivity index (χ1v) is 7.71. The molecule has 1 aromatic heterocycles. The van der Waals surface area contributed by atoms with Crippen LogP contribution in [0.15, 0.2) is 48.7 Å². The molecule has 112 valence electrons. The Balaban J connectivity index is 2.36. The third-order valence-electron chi connectivity index (χ3n) is 4.46. The highest BCUT2D eigenvalue weighted by Crippen LogP contribution is 2.27. The zero-order chi connectivity index (χ0) is 15.9. The molecule has 2 nitrogen and oxygen atoms in total. The Bertz CT molecular complexity index is 821. The van der Waals surface area contributed by atoms with Crippen LogP contribution in [-0.2, 0) is 7.05 Å². The van der Waals surface area contributed by atoms with Gasteiger partial charge in [0.25, 0.3) is 5.82 Å². The molecule has 0 bridgehead atoms. The van der Waals surface area contributed by atoms with Crippen molar-refractivity contribution in [3.8, 4) is 17.1 Å². The number of aryl methyl sites for hydroxylation is 4. The van der Waals surface area contributed by atoms with Crippen LogP contribution in [0.25, 0.3) is 17.1 Å². The molecule has 0 saturated carbocycles. The van der Waals surface area contributed by atoms with Crippen LogP contribution >= 0.6 is 0 Å². The fourth-order valence-corrected chi connectivity index (χ4v) is 3.15. The quantitative estimate of drug-likeness (QED) is 0.626. The summed E-state index contributed by atoms with van der Waals surface area (Å²) in [4.78, 5) is 0. The van der Waals surface area contributed by atoms with Gasteiger partial charge in [0.2, 0.25) is 0 Å². The van der Waals surface area contributed by atoms with Crippen molar-refractivity contribution in [2.75, 3.05) is 0 Å². The number of hydrogen-bond acceptors (Lipinski definition) is 0. The zero-order valence-corrected chi connectivity index (χ0v) is 14.0. The number of hydrogen-bond donors (Lipinski definition) is 0. The Kier molecular flexibility index (Phi) is 3.61. The van der Waals surface area contributed by atoms with Crippen molar-refractivity contribution in [3.05, 3.63) is 71.0 Å². The van der Waals surface area contributed by atoms with Crippen molar-refractivity contribution < 1.29 is 4.57 Å². The molecule has 0 radical (unpaired) electrons. The Labute approximate surface area is 132 Å². The van der Waals surface area contributed by atoms with Crippen LogP contribution in [0.5, 0.6) is 0 Å². The largest absolute Gasteiger partial charge is 0.294 e. The molecular formula is C20H23N2+. The average Bonchev–Trinajstić information content (AvgIpc) is 2.75. The van der Waals surface area contributed by atoms with E-state index in [1.165, 1.54) is 39.5 Å². The maximum absolute atomic E-state index is 2.34. The Hall–Kier alpha value is -2.35. The van der Waals surface area contributed by atoms with Crippen molar-refractivity contribution in [2.24, 2.45) is 7.05 Å². The number of aromatic nitrogens is 2. The first-order chi connectivity index (χ1) is 10.5. The van der Waals surface area contributed by atoms with Crippen LogP contribution in [0.2, 0.25) is 0 Å². The first kappa shape index (κ1) is 14.6. The van der Waals surface area contributed by atoms with E-state index >= 15 is 0 Å². The molecule has 0 aliphatic carbocycles. The van der Waals surface area contributed by atoms with E-state index in [1.807, 2.05) is 0 Å². The van der Waals surface area contributed by atoms with Crippen LogP contribution in [0.1, 0.15) is 22.4 Å². The van der Waals surface area contributed by atoms with Crippen LogP contribution in [-0.4, -0.2) is 4.57 Å². The summed E-state index contributed by atoms with van der Waals surface area (Å²) in [5.74, 6) is 1.23. The molecule has 3 rings (SSSR count). The predicted molar refractivity (Wildman–Crippen MR) is 91.3 cm³/mol. The molecular weight excluding hydrogens is 268 g/mol. The Morgan fingerprint density at radius 2 is 1.36 bits per heavy atom. The number of para-hydroxylation sites is 1. The molecule has 3 aromatic rings. The molecule has 22 heavy (non-hydrogen) atoms. The minimum absolute atomic E-state index is 1.23. The molecule has 0 spiro atoms. The minimum Gasteiger partial charge on any atom is -0.230 e. The van der Waals surface area contributed by atoms with Crippen molar-refractivity contribution >= 4 is 0 Å². The van der Waals surface area contributed by atoms with Gasteiger partial charge < -0.3 is 0 Å². The number of rotatable bonds is 2. The molecule has 0 aliphatic heterocycles. The van der Waals surface area contributed by atoms with Gasteiger partial charge in [0.05, 0.1) is 12.6 Å². The number of nitrogens with zero attached hydrogens (tertiary/aromatic N) is 2. The second-order valence-corrected chi connectivity index (χ2v) is 6.08. The second kappa shape index (κ2) is 5.45. The van der Waals surface area contributed by atoms with Crippen molar-refractivity contribution in [1.82, 2.24) is 4.57 Å². The van der Waals surface area contributed by atoms with Gasteiger partial charge in [-0.3, -0.25) is 0 Å². The second-order valence-electron chi connectivity index (χ2n) is 6.08. The number of benzene rings is 2. The summed E-state index contributed by atoms with van der Waals surface area (Å²) in [7, 11) is 2.14. The number of imidazole rings is 1. The molecule has 0 atom stereocenters. The SMILES string of the molecule is Cc1ccccc1-c1n(-c2c(C)cccc2C)cc(C)[n+]1C. The minimum atomic E-state index is 1.23. The highest BCUT2D eigenvalue weighted by atomic mass is 15.2. The van der Waals surface area contributed by atoms with Crippen LogP contribution in [0.3, 0.4) is 0 Å². The van der Waals surface area contributed by atoms with Gasteiger partial charge in [0, 0.05) is 6.92 Å². The third-order valence-corrected chi connectivity index (χ3v) is 4.46. The molecule has 2 heteroatoms. The van der Waals surface area contributed by atoms with Crippen molar-refractivity contribution in [1.29, 1.82) is 0 Å². The van der Waals surface area contributed by atoms with Crippen molar-refractivity contribution in [3.63, 3.8) is 0 Å². The van der Waals surface area contributed by atoms with Crippen LogP contribution < -0.4 is 4.57 Å². The van der Waals surface area contributed by atoms with Crippen molar-refractivity contribution in [2.45, 2.75) is 27.7 Å². The lowest BCUT2D eigenvalue weighted by molar-refractivity contribution is -0.665. The zero-order valence-electron chi connectivity index (χ0n) is 14.0. The topological polar surface area (TPSA) is 8.81 Å². The van der Waals surface area contributed by atoms with E-state index in [9.17, 15) is 0 Å². The fraction of sp³-hybridized carbons (Fsp3) is 0.250. The van der Waals surface area contributed by atoms with Gasteiger partial charge in [-0.15, -0.1) is 0 Å². The summed E-state index contributed by atoms with van der Waals surface area (Å²) in [6, 6.07) is 15.1. The Morgan fingerprint density at radius 3 is 2.00 bits per heavy atom. The first-order valence-electron chi connectivity index (χ1n) is 7.71. The lowest BCUT2D eigenvalue weighted by Gasteiger charge is -2.10. The predicted octanol–water partition coefficient (Wildman–Crippen LogP) is 4.20. The average molecular weight is 291 g/mol. The third kappa shape index (κ3) is 2.25. The lowest BCUT2D eigenvalue weighted by atomic mass is 10.1. The van der Waals surface area contributed by atoms with E-state index in [1.54, 1.807) is 0 Å². The summed E-state index contributed by atoms with van der Waals surface area (Å²) in [6.45, 7) is 8.69. The summed E-state index contributed by atoms with van der Waals surface area (Å²) in [5.41, 5.74) is 7.70. The summed E-state index contributed by atoms with van der Waals surface area (Å²) in [6.07, 6.45) is 2.23. The van der Waals surface area contributed by atoms with E-state index in [0.29, 0.717) is 0 Å². The fourth-order valence-electron chi connectivity index (χ4n) is 3.15. The van der Waals surface area contributed by atoms with Gasteiger partial charge in [-0.25, -0.2) is 4.57 Å². The lowest BCUT2D eigenvalue weighted by Crippen LogP contribution is -2.32. The van der Waals surface area contributed by atoms with Crippen LogP contribution in [0, 0.1) is 27.7 Å². The smallest absolute Gasteiger partial charge is 0.230 e. The monoisotopic (exact) mass is 291 g/mol. The summed E-state index contributed by atoms with van der Waals surface area (Å²) >= 11 is 0. The standard InChI is InChI=1S/C20H23N2/c1-14-9-6-7-12-18(14)20-21(5)17(4)13-22(20)19-15(2)10-8-11-16(19)3/h6-13H,1-5H3/q+1. The molecule has 0 saturated heterocycles. The van der Waals surface area contributed by atoms with Gasteiger partial charge in [0.15, 0.2) is 0 Å². The Morgan fingerprint density at radius 1 is 0.773 bits per heavy atom. The molecule has 0 aliphatic rings. The van der Waals surface area contributed by atoms with E-state index in [0.717, 1.165) is 0 Å². The highest BCUT2D eigenvalue weighted by molar-refractivity contribution is 5.62. The molecule has 0 unspecified atom stereocenters. The summed E-state index contributed by atoms with van der Waals surface area (Å²) < 4.78 is 4.61. The van der Waals surface area contributed by atoms with Gasteiger partial charge >= 0.3 is 0 Å². The van der Waals surface area contributed by atoms with E-state index in [4.69, 9.17) is 0 Å².